The van der Waals surface area contributed by atoms with Crippen LogP contribution in [-0.4, -0.2) is 18.6 Å². The number of hydrogen-bond acceptors (Lipinski definition) is 3. The first-order chi connectivity index (χ1) is 4.52. The molecule has 0 spiro atoms. The van der Waals surface area contributed by atoms with Crippen molar-refractivity contribution < 1.29 is 9.53 Å². The van der Waals surface area contributed by atoms with E-state index < -0.39 is 5.54 Å². The van der Waals surface area contributed by atoms with E-state index in [1.165, 1.54) is 7.11 Å². The van der Waals surface area contributed by atoms with Gasteiger partial charge in [0.15, 0.2) is 0 Å². The van der Waals surface area contributed by atoms with Crippen molar-refractivity contribution in [3.63, 3.8) is 0 Å². The van der Waals surface area contributed by atoms with Crippen LogP contribution in [0.5, 0.6) is 0 Å². The van der Waals surface area contributed by atoms with E-state index in [2.05, 4.69) is 4.74 Å². The summed E-state index contributed by atoms with van der Waals surface area (Å²) in [4.78, 5) is 10.7. The summed E-state index contributed by atoms with van der Waals surface area (Å²) in [7, 11) is 1.37. The number of nitrogens with two attached hydrogens (primary N) is 1. The van der Waals surface area contributed by atoms with E-state index in [1.807, 2.05) is 13.8 Å². The molecule has 0 saturated carbocycles. The van der Waals surface area contributed by atoms with Crippen molar-refractivity contribution in [2.75, 3.05) is 7.11 Å². The molecule has 2 N–H and O–H groups in total. The van der Waals surface area contributed by atoms with Gasteiger partial charge in [-0.2, -0.15) is 0 Å². The van der Waals surface area contributed by atoms with Crippen molar-refractivity contribution in [1.82, 2.24) is 0 Å². The molecule has 0 bridgehead atoms. The van der Waals surface area contributed by atoms with Crippen molar-refractivity contribution in [1.29, 1.82) is 0 Å². The molecule has 60 valence electrons. The predicted octanol–water partition coefficient (Wildman–Crippen LogP) is 0.677. The average Bonchev–Trinajstić information content (AvgIpc) is 1.87. The lowest BCUT2D eigenvalue weighted by Gasteiger charge is -2.20. The molecule has 0 radical (unpaired) electrons. The van der Waals surface area contributed by atoms with Crippen molar-refractivity contribution in [2.24, 2.45) is 5.73 Å². The van der Waals surface area contributed by atoms with Crippen LogP contribution in [0.3, 0.4) is 0 Å². The predicted molar refractivity (Wildman–Crippen MR) is 39.5 cm³/mol. The van der Waals surface area contributed by atoms with Crippen molar-refractivity contribution in [3.8, 4) is 0 Å². The molecule has 0 aromatic heterocycles. The van der Waals surface area contributed by atoms with Gasteiger partial charge in [0.25, 0.3) is 0 Å². The summed E-state index contributed by atoms with van der Waals surface area (Å²) in [6.45, 7) is 3.78. The van der Waals surface area contributed by atoms with Gasteiger partial charge >= 0.3 is 5.97 Å². The van der Waals surface area contributed by atoms with Crippen LogP contribution in [0.15, 0.2) is 0 Å². The fourth-order valence-electron chi connectivity index (χ4n) is 0.527. The van der Waals surface area contributed by atoms with Crippen molar-refractivity contribution >= 4 is 5.97 Å². The molecule has 0 fully saturated rings. The van der Waals surface area contributed by atoms with E-state index in [1.54, 1.807) is 0 Å². The van der Waals surface area contributed by atoms with E-state index in [4.69, 9.17) is 5.73 Å². The van der Waals surface area contributed by atoms with E-state index in [9.17, 15) is 4.79 Å². The Morgan fingerprint density at radius 1 is 1.70 bits per heavy atom. The number of rotatable bonds is 3. The second-order valence-electron chi connectivity index (χ2n) is 2.76. The van der Waals surface area contributed by atoms with E-state index >= 15 is 0 Å². The van der Waals surface area contributed by atoms with Gasteiger partial charge in [0.05, 0.1) is 13.5 Å². The van der Waals surface area contributed by atoms with Crippen LogP contribution < -0.4 is 5.73 Å². The molecule has 0 aliphatic carbocycles. The number of esters is 1. The molecular weight excluding hydrogens is 130 g/mol. The first kappa shape index (κ1) is 9.43. The third kappa shape index (κ3) is 3.45. The Bertz CT molecular complexity index is 121. The third-order valence-electron chi connectivity index (χ3n) is 1.58. The van der Waals surface area contributed by atoms with E-state index in [0.29, 0.717) is 6.42 Å². The second kappa shape index (κ2) is 3.56. The van der Waals surface area contributed by atoms with Gasteiger partial charge in [-0.25, -0.2) is 0 Å². The fraction of sp³-hybridized carbons (Fsp3) is 0.857. The summed E-state index contributed by atoms with van der Waals surface area (Å²) >= 11 is 0. The van der Waals surface area contributed by atoms with Crippen molar-refractivity contribution in [3.05, 3.63) is 0 Å². The minimum Gasteiger partial charge on any atom is -0.469 e. The summed E-state index contributed by atoms with van der Waals surface area (Å²) in [6, 6.07) is 0. The topological polar surface area (TPSA) is 52.3 Å². The summed E-state index contributed by atoms with van der Waals surface area (Å²) in [5.74, 6) is -0.244. The molecule has 3 nitrogen and oxygen atoms in total. The number of ether oxygens (including phenoxy) is 1. The minimum absolute atomic E-state index is 0.244. The molecule has 3 heteroatoms. The number of hydrogen-bond donors (Lipinski definition) is 1. The monoisotopic (exact) mass is 145 g/mol. The lowest BCUT2D eigenvalue weighted by molar-refractivity contribution is -0.141. The zero-order valence-corrected chi connectivity index (χ0v) is 6.81. The maximum absolute atomic E-state index is 10.7. The van der Waals surface area contributed by atoms with Gasteiger partial charge in [-0.3, -0.25) is 4.79 Å². The Kier molecular flexibility index (Phi) is 3.36. The Labute approximate surface area is 61.5 Å². The molecule has 0 unspecified atom stereocenters. The Hall–Kier alpha value is -0.570. The van der Waals surface area contributed by atoms with Gasteiger partial charge in [-0.05, 0) is 13.3 Å². The highest BCUT2D eigenvalue weighted by molar-refractivity contribution is 5.70. The van der Waals surface area contributed by atoms with E-state index in [-0.39, 0.29) is 5.97 Å². The first-order valence-corrected chi connectivity index (χ1v) is 3.37. The molecule has 0 aliphatic heterocycles. The van der Waals surface area contributed by atoms with Gasteiger partial charge in [-0.1, -0.05) is 6.92 Å². The second-order valence-corrected chi connectivity index (χ2v) is 2.76. The Morgan fingerprint density at radius 2 is 2.20 bits per heavy atom. The zero-order valence-electron chi connectivity index (χ0n) is 6.81. The highest BCUT2D eigenvalue weighted by Crippen LogP contribution is 2.10. The first-order valence-electron chi connectivity index (χ1n) is 3.37. The maximum Gasteiger partial charge on any atom is 0.307 e. The number of carbonyl (C=O) groups is 1. The Morgan fingerprint density at radius 3 is 2.50 bits per heavy atom. The molecule has 10 heavy (non-hydrogen) atoms. The maximum atomic E-state index is 10.7. The Balaban J connectivity index is 3.76. The summed E-state index contributed by atoms with van der Waals surface area (Å²) in [5.41, 5.74) is 5.28. The smallest absolute Gasteiger partial charge is 0.307 e. The highest BCUT2D eigenvalue weighted by atomic mass is 16.5. The van der Waals surface area contributed by atoms with Gasteiger partial charge in [0.1, 0.15) is 0 Å². The molecule has 0 saturated heterocycles. The van der Waals surface area contributed by atoms with Crippen LogP contribution in [0.4, 0.5) is 0 Å². The molecule has 1 atom stereocenters. The van der Waals surface area contributed by atoms with Gasteiger partial charge in [-0.15, -0.1) is 0 Å². The van der Waals surface area contributed by atoms with Crippen LogP contribution in [-0.2, 0) is 9.53 Å². The largest absolute Gasteiger partial charge is 0.469 e. The quantitative estimate of drug-likeness (QED) is 0.594. The fourth-order valence-corrected chi connectivity index (χ4v) is 0.527. The van der Waals surface area contributed by atoms with Crippen LogP contribution in [0.2, 0.25) is 0 Å². The highest BCUT2D eigenvalue weighted by Gasteiger charge is 2.20. The average molecular weight is 145 g/mol. The molecule has 0 rings (SSSR count). The van der Waals surface area contributed by atoms with Crippen LogP contribution >= 0.6 is 0 Å². The zero-order chi connectivity index (χ0) is 8.20. The van der Waals surface area contributed by atoms with Gasteiger partial charge in [0, 0.05) is 5.54 Å². The SMILES string of the molecule is CC[C@](C)(N)CC(=O)OC. The van der Waals surface area contributed by atoms with Gasteiger partial charge < -0.3 is 10.5 Å². The normalized spacial score (nSPS) is 16.0. The minimum atomic E-state index is -0.410. The van der Waals surface area contributed by atoms with Crippen LogP contribution in [0.1, 0.15) is 26.7 Å². The van der Waals surface area contributed by atoms with E-state index in [0.717, 1.165) is 6.42 Å². The standard InChI is InChI=1S/C7H15NO2/c1-4-7(2,8)5-6(9)10-3/h4-5,8H2,1-3H3/t7-/m0/s1. The van der Waals surface area contributed by atoms with Crippen molar-refractivity contribution in [2.45, 2.75) is 32.2 Å². The summed E-state index contributed by atoms with van der Waals surface area (Å²) in [6.07, 6.45) is 1.07. The number of carbonyl (C=O) groups excluding carboxylic acids is 1. The lowest BCUT2D eigenvalue weighted by atomic mass is 9.96. The molecular formula is C7H15NO2. The summed E-state index contributed by atoms with van der Waals surface area (Å²) < 4.78 is 4.47. The molecule has 0 aromatic carbocycles. The lowest BCUT2D eigenvalue weighted by Crippen LogP contribution is -2.37. The molecule has 0 aliphatic rings. The van der Waals surface area contributed by atoms with Crippen LogP contribution in [0.25, 0.3) is 0 Å². The number of methoxy groups -OCH3 is 1. The third-order valence-corrected chi connectivity index (χ3v) is 1.58. The summed E-state index contributed by atoms with van der Waals surface area (Å²) in [5, 5.41) is 0. The van der Waals surface area contributed by atoms with Crippen LogP contribution in [0, 0.1) is 0 Å². The van der Waals surface area contributed by atoms with Gasteiger partial charge in [0.2, 0.25) is 0 Å². The molecule has 0 heterocycles. The molecule has 0 amide bonds. The molecule has 0 aromatic rings.